The van der Waals surface area contributed by atoms with Crippen LogP contribution in [0, 0.1) is 11.8 Å². The maximum atomic E-state index is 13.0. The number of carbonyl (C=O) groups is 2. The highest BCUT2D eigenvalue weighted by atomic mass is 16.5. The zero-order chi connectivity index (χ0) is 23.1. The fraction of sp³-hybridized carbons (Fsp3) is 0.542. The average molecular weight is 443 g/mol. The summed E-state index contributed by atoms with van der Waals surface area (Å²) >= 11 is 0. The summed E-state index contributed by atoms with van der Waals surface area (Å²) in [5.74, 6) is 2.04. The van der Waals surface area contributed by atoms with E-state index in [0.29, 0.717) is 60.7 Å². The largest absolute Gasteiger partial charge is 0.493 e. The van der Waals surface area contributed by atoms with Crippen molar-refractivity contribution in [3.63, 3.8) is 0 Å². The Kier molecular flexibility index (Phi) is 8.14. The van der Waals surface area contributed by atoms with Crippen LogP contribution in [0.3, 0.4) is 0 Å². The average Bonchev–Trinajstić information content (AvgIpc) is 3.23. The van der Waals surface area contributed by atoms with Crippen LogP contribution in [0.15, 0.2) is 30.6 Å². The van der Waals surface area contributed by atoms with Crippen LogP contribution in [0.25, 0.3) is 0 Å². The van der Waals surface area contributed by atoms with Gasteiger partial charge in [0.05, 0.1) is 25.5 Å². The van der Waals surface area contributed by atoms with Gasteiger partial charge < -0.3 is 19.7 Å². The number of hydrogen-bond donors (Lipinski definition) is 1. The van der Waals surface area contributed by atoms with Crippen LogP contribution in [-0.2, 0) is 7.05 Å². The number of aromatic nitrogens is 2. The molecule has 0 aliphatic carbocycles. The van der Waals surface area contributed by atoms with E-state index in [1.165, 1.54) is 0 Å². The first-order chi connectivity index (χ1) is 15.4. The summed E-state index contributed by atoms with van der Waals surface area (Å²) in [5, 5.41) is 7.00. The lowest BCUT2D eigenvalue weighted by atomic mass is 9.96. The molecular weight excluding hydrogens is 408 g/mol. The second kappa shape index (κ2) is 11.0. The van der Waals surface area contributed by atoms with Crippen molar-refractivity contribution < 1.29 is 19.1 Å². The van der Waals surface area contributed by atoms with Gasteiger partial charge in [0.15, 0.2) is 11.5 Å². The van der Waals surface area contributed by atoms with E-state index in [1.54, 1.807) is 43.4 Å². The van der Waals surface area contributed by atoms with E-state index in [0.717, 1.165) is 19.3 Å². The molecule has 1 aromatic carbocycles. The van der Waals surface area contributed by atoms with Crippen molar-refractivity contribution in [2.24, 2.45) is 18.9 Å². The maximum absolute atomic E-state index is 13.0. The Morgan fingerprint density at radius 1 is 1.19 bits per heavy atom. The van der Waals surface area contributed by atoms with E-state index in [2.05, 4.69) is 24.3 Å². The molecule has 3 rings (SSSR count). The van der Waals surface area contributed by atoms with Gasteiger partial charge >= 0.3 is 0 Å². The van der Waals surface area contributed by atoms with Gasteiger partial charge in [0.2, 0.25) is 0 Å². The van der Waals surface area contributed by atoms with Gasteiger partial charge in [-0.2, -0.15) is 5.10 Å². The van der Waals surface area contributed by atoms with E-state index >= 15 is 0 Å². The molecule has 8 nitrogen and oxygen atoms in total. The zero-order valence-electron chi connectivity index (χ0n) is 19.5. The Labute approximate surface area is 189 Å². The van der Waals surface area contributed by atoms with Crippen molar-refractivity contribution in [1.29, 1.82) is 0 Å². The zero-order valence-corrected chi connectivity index (χ0v) is 19.5. The Bertz CT molecular complexity index is 916. The summed E-state index contributed by atoms with van der Waals surface area (Å²) in [6.07, 6.45) is 5.93. The smallest absolute Gasteiger partial charge is 0.254 e. The summed E-state index contributed by atoms with van der Waals surface area (Å²) in [6, 6.07) is 5.37. The highest BCUT2D eigenvalue weighted by molar-refractivity contribution is 5.95. The Hall–Kier alpha value is -3.03. The molecule has 2 heterocycles. The van der Waals surface area contributed by atoms with Crippen LogP contribution >= 0.6 is 0 Å². The molecule has 174 valence electrons. The SMILES string of the molecule is COc1cc(C(=O)N2CCC(CNC(=O)c3cnn(C)c3)CC2)ccc1OCCC(C)C. The molecule has 0 atom stereocenters. The van der Waals surface area contributed by atoms with Crippen molar-refractivity contribution in [3.8, 4) is 11.5 Å². The number of aryl methyl sites for hydroxylation is 1. The van der Waals surface area contributed by atoms with Gasteiger partial charge in [-0.1, -0.05) is 13.8 Å². The molecule has 1 N–H and O–H groups in total. The van der Waals surface area contributed by atoms with Gasteiger partial charge in [-0.3, -0.25) is 14.3 Å². The molecular formula is C24H34N4O4. The predicted molar refractivity (Wildman–Crippen MR) is 122 cm³/mol. The molecule has 1 aromatic heterocycles. The first kappa shape index (κ1) is 23.6. The minimum absolute atomic E-state index is 0.00474. The summed E-state index contributed by atoms with van der Waals surface area (Å²) in [4.78, 5) is 27.1. The number of ether oxygens (including phenoxy) is 2. The van der Waals surface area contributed by atoms with E-state index in [9.17, 15) is 9.59 Å². The number of hydrogen-bond acceptors (Lipinski definition) is 5. The summed E-state index contributed by atoms with van der Waals surface area (Å²) in [5.41, 5.74) is 1.16. The lowest BCUT2D eigenvalue weighted by Gasteiger charge is -2.32. The normalized spacial score (nSPS) is 14.5. The summed E-state index contributed by atoms with van der Waals surface area (Å²) in [6.45, 7) is 6.86. The van der Waals surface area contributed by atoms with Gasteiger partial charge in [0.1, 0.15) is 0 Å². The monoisotopic (exact) mass is 442 g/mol. The van der Waals surface area contributed by atoms with E-state index < -0.39 is 0 Å². The third-order valence-electron chi connectivity index (χ3n) is 5.78. The van der Waals surface area contributed by atoms with Crippen LogP contribution in [0.4, 0.5) is 0 Å². The molecule has 32 heavy (non-hydrogen) atoms. The Balaban J connectivity index is 1.49. The van der Waals surface area contributed by atoms with Gasteiger partial charge in [-0.05, 0) is 49.3 Å². The number of methoxy groups -OCH3 is 1. The minimum Gasteiger partial charge on any atom is -0.493 e. The highest BCUT2D eigenvalue weighted by Gasteiger charge is 2.25. The molecule has 2 aromatic rings. The van der Waals surface area contributed by atoms with Crippen molar-refractivity contribution in [1.82, 2.24) is 20.0 Å². The number of benzene rings is 1. The lowest BCUT2D eigenvalue weighted by molar-refractivity contribution is 0.0684. The molecule has 8 heteroatoms. The molecule has 0 bridgehead atoms. The molecule has 2 amide bonds. The second-order valence-electron chi connectivity index (χ2n) is 8.74. The maximum Gasteiger partial charge on any atom is 0.254 e. The molecule has 1 fully saturated rings. The van der Waals surface area contributed by atoms with Gasteiger partial charge in [-0.25, -0.2) is 0 Å². The molecule has 0 spiro atoms. The molecule has 1 saturated heterocycles. The fourth-order valence-electron chi connectivity index (χ4n) is 3.72. The van der Waals surface area contributed by atoms with Crippen molar-refractivity contribution in [2.75, 3.05) is 33.4 Å². The first-order valence-corrected chi connectivity index (χ1v) is 11.2. The lowest BCUT2D eigenvalue weighted by Crippen LogP contribution is -2.41. The third kappa shape index (κ3) is 6.24. The standard InChI is InChI=1S/C24H34N4O4/c1-17(2)9-12-32-21-6-5-19(13-22(21)31-4)24(30)28-10-7-18(8-11-28)14-25-23(29)20-15-26-27(3)16-20/h5-6,13,15-18H,7-12,14H2,1-4H3,(H,25,29). The molecule has 0 radical (unpaired) electrons. The first-order valence-electron chi connectivity index (χ1n) is 11.2. The van der Waals surface area contributed by atoms with Crippen molar-refractivity contribution >= 4 is 11.8 Å². The number of rotatable bonds is 9. The summed E-state index contributed by atoms with van der Waals surface area (Å²) in [7, 11) is 3.37. The van der Waals surface area contributed by atoms with E-state index in [-0.39, 0.29) is 11.8 Å². The quantitative estimate of drug-likeness (QED) is 0.645. The van der Waals surface area contributed by atoms with Crippen molar-refractivity contribution in [3.05, 3.63) is 41.7 Å². The fourth-order valence-corrected chi connectivity index (χ4v) is 3.72. The van der Waals surface area contributed by atoms with Crippen LogP contribution in [0.5, 0.6) is 11.5 Å². The van der Waals surface area contributed by atoms with E-state index in [1.807, 2.05) is 11.0 Å². The highest BCUT2D eigenvalue weighted by Crippen LogP contribution is 2.29. The molecule has 0 unspecified atom stereocenters. The third-order valence-corrected chi connectivity index (χ3v) is 5.78. The minimum atomic E-state index is -0.112. The number of carbonyl (C=O) groups excluding carboxylic acids is 2. The van der Waals surface area contributed by atoms with Gasteiger partial charge in [-0.15, -0.1) is 0 Å². The van der Waals surface area contributed by atoms with Crippen LogP contribution in [0.2, 0.25) is 0 Å². The van der Waals surface area contributed by atoms with Crippen LogP contribution in [0.1, 0.15) is 53.8 Å². The molecule has 1 aliphatic rings. The van der Waals surface area contributed by atoms with Crippen LogP contribution in [-0.4, -0.2) is 59.8 Å². The van der Waals surface area contributed by atoms with E-state index in [4.69, 9.17) is 9.47 Å². The number of amides is 2. The number of likely N-dealkylation sites (tertiary alicyclic amines) is 1. The predicted octanol–water partition coefficient (Wildman–Crippen LogP) is 3.14. The Morgan fingerprint density at radius 2 is 1.94 bits per heavy atom. The van der Waals surface area contributed by atoms with Gasteiger partial charge in [0, 0.05) is 38.4 Å². The number of nitrogens with one attached hydrogen (secondary N) is 1. The van der Waals surface area contributed by atoms with Gasteiger partial charge in [0.25, 0.3) is 11.8 Å². The summed E-state index contributed by atoms with van der Waals surface area (Å²) < 4.78 is 12.9. The van der Waals surface area contributed by atoms with Crippen LogP contribution < -0.4 is 14.8 Å². The topological polar surface area (TPSA) is 85.7 Å². The van der Waals surface area contributed by atoms with Crippen molar-refractivity contribution in [2.45, 2.75) is 33.1 Å². The number of piperidine rings is 1. The molecule has 0 saturated carbocycles. The second-order valence-corrected chi connectivity index (χ2v) is 8.74. The number of nitrogens with zero attached hydrogens (tertiary/aromatic N) is 3. The Morgan fingerprint density at radius 3 is 2.56 bits per heavy atom. The molecule has 1 aliphatic heterocycles.